The normalized spacial score (nSPS) is 11.3. The zero-order valence-corrected chi connectivity index (χ0v) is 13.8. The smallest absolute Gasteiger partial charge is 0.122 e. The molecule has 0 saturated carbocycles. The molecule has 0 bridgehead atoms. The van der Waals surface area contributed by atoms with Crippen LogP contribution in [0.1, 0.15) is 57.6 Å². The molecule has 1 rings (SSSR count). The summed E-state index contributed by atoms with van der Waals surface area (Å²) in [5.41, 5.74) is 2.56. The predicted molar refractivity (Wildman–Crippen MR) is 87.7 cm³/mol. The molecule has 0 saturated heterocycles. The Hall–Kier alpha value is -1.02. The van der Waals surface area contributed by atoms with E-state index in [-0.39, 0.29) is 0 Å². The highest BCUT2D eigenvalue weighted by molar-refractivity contribution is 5.37. The molecule has 1 aromatic carbocycles. The summed E-state index contributed by atoms with van der Waals surface area (Å²) < 4.78 is 5.89. The van der Waals surface area contributed by atoms with E-state index in [1.165, 1.54) is 24.0 Å². The Labute approximate surface area is 124 Å². The van der Waals surface area contributed by atoms with Crippen molar-refractivity contribution in [1.82, 2.24) is 5.32 Å². The summed E-state index contributed by atoms with van der Waals surface area (Å²) in [6.45, 7) is 13.8. The van der Waals surface area contributed by atoms with Crippen LogP contribution in [0.25, 0.3) is 0 Å². The van der Waals surface area contributed by atoms with Crippen LogP contribution in [0.2, 0.25) is 0 Å². The molecule has 0 aliphatic heterocycles. The fourth-order valence-corrected chi connectivity index (χ4v) is 2.12. The van der Waals surface area contributed by atoms with Crippen LogP contribution in [-0.2, 0) is 0 Å². The van der Waals surface area contributed by atoms with Crippen molar-refractivity contribution in [1.29, 1.82) is 0 Å². The Morgan fingerprint density at radius 2 is 1.85 bits per heavy atom. The van der Waals surface area contributed by atoms with E-state index in [9.17, 15) is 0 Å². The number of rotatable bonds is 9. The lowest BCUT2D eigenvalue weighted by Gasteiger charge is -2.13. The molecular weight excluding hydrogens is 246 g/mol. The molecule has 0 aliphatic rings. The number of ether oxygens (including phenoxy) is 1. The van der Waals surface area contributed by atoms with Crippen LogP contribution in [0.15, 0.2) is 18.2 Å². The van der Waals surface area contributed by atoms with Gasteiger partial charge < -0.3 is 10.1 Å². The van der Waals surface area contributed by atoms with E-state index < -0.39 is 0 Å². The van der Waals surface area contributed by atoms with Crippen molar-refractivity contribution >= 4 is 0 Å². The van der Waals surface area contributed by atoms with Crippen molar-refractivity contribution in [3.05, 3.63) is 29.3 Å². The number of hydrogen-bond donors (Lipinski definition) is 1. The molecule has 0 unspecified atom stereocenters. The average Bonchev–Trinajstić information content (AvgIpc) is 2.38. The quantitative estimate of drug-likeness (QED) is 0.670. The van der Waals surface area contributed by atoms with Gasteiger partial charge in [0.25, 0.3) is 0 Å². The fourth-order valence-electron chi connectivity index (χ4n) is 2.12. The van der Waals surface area contributed by atoms with Crippen LogP contribution in [0.5, 0.6) is 5.75 Å². The van der Waals surface area contributed by atoms with Crippen LogP contribution in [0, 0.1) is 12.8 Å². The Kier molecular flexibility index (Phi) is 7.68. The van der Waals surface area contributed by atoms with Gasteiger partial charge in [0, 0.05) is 6.54 Å². The van der Waals surface area contributed by atoms with Gasteiger partial charge in [-0.2, -0.15) is 0 Å². The van der Waals surface area contributed by atoms with Gasteiger partial charge in [-0.3, -0.25) is 0 Å². The summed E-state index contributed by atoms with van der Waals surface area (Å²) in [5.74, 6) is 2.38. The van der Waals surface area contributed by atoms with Gasteiger partial charge in [-0.1, -0.05) is 39.8 Å². The van der Waals surface area contributed by atoms with Crippen LogP contribution in [0.3, 0.4) is 0 Å². The Morgan fingerprint density at radius 3 is 2.50 bits per heavy atom. The first-order valence-corrected chi connectivity index (χ1v) is 7.94. The summed E-state index contributed by atoms with van der Waals surface area (Å²) >= 11 is 0. The third-order valence-electron chi connectivity index (χ3n) is 3.55. The van der Waals surface area contributed by atoms with Gasteiger partial charge in [0.1, 0.15) is 12.4 Å². The second-order valence-electron chi connectivity index (χ2n) is 6.31. The Bertz CT molecular complexity index is 385. The summed E-state index contributed by atoms with van der Waals surface area (Å²) in [7, 11) is 0. The average molecular weight is 277 g/mol. The molecular formula is C18H31NO. The van der Waals surface area contributed by atoms with Gasteiger partial charge in [-0.25, -0.2) is 0 Å². The Morgan fingerprint density at radius 1 is 1.10 bits per heavy atom. The van der Waals surface area contributed by atoms with Gasteiger partial charge in [0.2, 0.25) is 0 Å². The number of benzene rings is 1. The molecule has 0 fully saturated rings. The van der Waals surface area contributed by atoms with Crippen LogP contribution >= 0.6 is 0 Å². The minimum absolute atomic E-state index is 0.548. The maximum Gasteiger partial charge on any atom is 0.122 e. The molecule has 20 heavy (non-hydrogen) atoms. The fraction of sp³-hybridized carbons (Fsp3) is 0.667. The summed E-state index contributed by atoms with van der Waals surface area (Å²) in [5, 5.41) is 3.44. The molecule has 0 amide bonds. The standard InChI is InChI=1S/C18H31NO/c1-14(2)7-6-10-19-11-12-20-18-13-17(15(3)4)9-8-16(18)5/h8-9,13-15,19H,6-7,10-12H2,1-5H3. The summed E-state index contributed by atoms with van der Waals surface area (Å²) in [6.07, 6.45) is 2.54. The molecule has 0 aromatic heterocycles. The first-order chi connectivity index (χ1) is 9.50. The van der Waals surface area contributed by atoms with Gasteiger partial charge in [-0.15, -0.1) is 0 Å². The third-order valence-corrected chi connectivity index (χ3v) is 3.55. The van der Waals surface area contributed by atoms with Crippen LogP contribution < -0.4 is 10.1 Å². The molecule has 0 atom stereocenters. The molecule has 0 aliphatic carbocycles. The van der Waals surface area contributed by atoms with Gasteiger partial charge in [-0.05, 0) is 55.3 Å². The van der Waals surface area contributed by atoms with Crippen LogP contribution in [0.4, 0.5) is 0 Å². The highest BCUT2D eigenvalue weighted by Crippen LogP contribution is 2.24. The van der Waals surface area contributed by atoms with E-state index in [4.69, 9.17) is 4.74 Å². The first kappa shape index (κ1) is 17.0. The van der Waals surface area contributed by atoms with E-state index in [2.05, 4.69) is 58.1 Å². The van der Waals surface area contributed by atoms with Crippen molar-refractivity contribution < 1.29 is 4.74 Å². The van der Waals surface area contributed by atoms with E-state index in [0.717, 1.165) is 31.4 Å². The van der Waals surface area contributed by atoms with Crippen molar-refractivity contribution in [3.8, 4) is 5.75 Å². The molecule has 114 valence electrons. The molecule has 0 spiro atoms. The SMILES string of the molecule is Cc1ccc(C(C)C)cc1OCCNCCCC(C)C. The van der Waals surface area contributed by atoms with E-state index in [1.54, 1.807) is 0 Å². The molecule has 2 heteroatoms. The van der Waals surface area contributed by atoms with Crippen molar-refractivity contribution in [2.75, 3.05) is 19.7 Å². The van der Waals surface area contributed by atoms with E-state index in [0.29, 0.717) is 5.92 Å². The molecule has 0 radical (unpaired) electrons. The third kappa shape index (κ3) is 6.42. The number of hydrogen-bond acceptors (Lipinski definition) is 2. The van der Waals surface area contributed by atoms with Gasteiger partial charge in [0.05, 0.1) is 0 Å². The Balaban J connectivity index is 2.26. The lowest BCUT2D eigenvalue weighted by atomic mass is 10.0. The van der Waals surface area contributed by atoms with Gasteiger partial charge >= 0.3 is 0 Å². The summed E-state index contributed by atoms with van der Waals surface area (Å²) in [6, 6.07) is 6.52. The first-order valence-electron chi connectivity index (χ1n) is 7.94. The van der Waals surface area contributed by atoms with Crippen molar-refractivity contribution in [3.63, 3.8) is 0 Å². The maximum atomic E-state index is 5.89. The minimum Gasteiger partial charge on any atom is -0.492 e. The van der Waals surface area contributed by atoms with E-state index >= 15 is 0 Å². The molecule has 2 nitrogen and oxygen atoms in total. The van der Waals surface area contributed by atoms with E-state index in [1.807, 2.05) is 0 Å². The topological polar surface area (TPSA) is 21.3 Å². The van der Waals surface area contributed by atoms with Crippen molar-refractivity contribution in [2.45, 2.75) is 53.4 Å². The van der Waals surface area contributed by atoms with Crippen LogP contribution in [-0.4, -0.2) is 19.7 Å². The molecule has 1 aromatic rings. The second-order valence-corrected chi connectivity index (χ2v) is 6.31. The number of nitrogens with one attached hydrogen (secondary N) is 1. The molecule has 0 heterocycles. The minimum atomic E-state index is 0.548. The lowest BCUT2D eigenvalue weighted by molar-refractivity contribution is 0.310. The monoisotopic (exact) mass is 277 g/mol. The number of aryl methyl sites for hydroxylation is 1. The largest absolute Gasteiger partial charge is 0.492 e. The molecule has 1 N–H and O–H groups in total. The highest BCUT2D eigenvalue weighted by Gasteiger charge is 2.04. The predicted octanol–water partition coefficient (Wildman–Crippen LogP) is 4.52. The summed E-state index contributed by atoms with van der Waals surface area (Å²) in [4.78, 5) is 0. The second kappa shape index (κ2) is 9.02. The lowest BCUT2D eigenvalue weighted by Crippen LogP contribution is -2.22. The van der Waals surface area contributed by atoms with Crippen molar-refractivity contribution in [2.24, 2.45) is 5.92 Å². The van der Waals surface area contributed by atoms with Gasteiger partial charge in [0.15, 0.2) is 0 Å². The highest BCUT2D eigenvalue weighted by atomic mass is 16.5. The maximum absolute atomic E-state index is 5.89. The zero-order valence-electron chi connectivity index (χ0n) is 13.8. The zero-order chi connectivity index (χ0) is 15.0.